The molecular weight excluding hydrogens is 306 g/mol. The third-order valence-corrected chi connectivity index (χ3v) is 6.88. The van der Waals surface area contributed by atoms with Crippen molar-refractivity contribution in [2.75, 3.05) is 6.54 Å². The second-order valence-corrected chi connectivity index (χ2v) is 7.80. The molecule has 0 unspecified atom stereocenters. The van der Waals surface area contributed by atoms with Gasteiger partial charge in [0.1, 0.15) is 0 Å². The third kappa shape index (κ3) is 3.43. The molecule has 0 N–H and O–H groups in total. The average molecular weight is 330 g/mol. The van der Waals surface area contributed by atoms with E-state index in [1.54, 1.807) is 16.4 Å². The van der Waals surface area contributed by atoms with E-state index in [4.69, 9.17) is 11.6 Å². The van der Waals surface area contributed by atoms with E-state index in [9.17, 15) is 8.42 Å². The molecule has 0 bridgehead atoms. The zero-order valence-corrected chi connectivity index (χ0v) is 14.4. The molecule has 0 aliphatic heterocycles. The summed E-state index contributed by atoms with van der Waals surface area (Å²) in [6.07, 6.45) is 5.41. The molecule has 1 aromatic carbocycles. The van der Waals surface area contributed by atoms with Gasteiger partial charge in [-0.25, -0.2) is 8.42 Å². The lowest BCUT2D eigenvalue weighted by molar-refractivity contribution is 0.261. The molecule has 118 valence electrons. The lowest BCUT2D eigenvalue weighted by Crippen LogP contribution is -2.41. The van der Waals surface area contributed by atoms with Crippen molar-refractivity contribution in [3.63, 3.8) is 0 Å². The van der Waals surface area contributed by atoms with E-state index in [-0.39, 0.29) is 6.04 Å². The molecular formula is C16H24ClNO2S. The topological polar surface area (TPSA) is 37.4 Å². The van der Waals surface area contributed by atoms with Crippen LogP contribution in [0.2, 0.25) is 0 Å². The minimum Gasteiger partial charge on any atom is -0.207 e. The van der Waals surface area contributed by atoms with Crippen LogP contribution in [0.25, 0.3) is 0 Å². The molecule has 0 heterocycles. The molecule has 0 radical (unpaired) electrons. The second-order valence-electron chi connectivity index (χ2n) is 5.67. The molecule has 1 aromatic rings. The van der Waals surface area contributed by atoms with Crippen LogP contribution in [-0.2, 0) is 15.9 Å². The molecule has 0 spiro atoms. The van der Waals surface area contributed by atoms with Gasteiger partial charge in [0.25, 0.3) is 0 Å². The first-order valence-electron chi connectivity index (χ1n) is 7.68. The Kier molecular flexibility index (Phi) is 5.69. The van der Waals surface area contributed by atoms with Crippen molar-refractivity contribution in [1.82, 2.24) is 4.31 Å². The summed E-state index contributed by atoms with van der Waals surface area (Å²) in [4.78, 5) is 0.410. The van der Waals surface area contributed by atoms with Crippen LogP contribution in [0, 0.1) is 6.92 Å². The zero-order chi connectivity index (χ0) is 15.5. The van der Waals surface area contributed by atoms with E-state index in [0.29, 0.717) is 17.3 Å². The van der Waals surface area contributed by atoms with Crippen LogP contribution in [0.4, 0.5) is 0 Å². The Morgan fingerprint density at radius 3 is 2.48 bits per heavy atom. The molecule has 1 fully saturated rings. The summed E-state index contributed by atoms with van der Waals surface area (Å²) in [5, 5.41) is 0. The summed E-state index contributed by atoms with van der Waals surface area (Å²) in [6, 6.07) is 5.52. The maximum Gasteiger partial charge on any atom is 0.243 e. The van der Waals surface area contributed by atoms with Gasteiger partial charge in [0.15, 0.2) is 0 Å². The van der Waals surface area contributed by atoms with Gasteiger partial charge in [0.05, 0.1) is 4.90 Å². The summed E-state index contributed by atoms with van der Waals surface area (Å²) in [5.41, 5.74) is 1.67. The summed E-state index contributed by atoms with van der Waals surface area (Å²) in [5.74, 6) is 0.338. The van der Waals surface area contributed by atoms with Gasteiger partial charge in [0, 0.05) is 18.5 Å². The molecule has 3 nitrogen and oxygen atoms in total. The van der Waals surface area contributed by atoms with Gasteiger partial charge in [-0.15, -0.1) is 11.6 Å². The number of hydrogen-bond donors (Lipinski definition) is 0. The van der Waals surface area contributed by atoms with Gasteiger partial charge in [-0.3, -0.25) is 0 Å². The second kappa shape index (κ2) is 7.12. The number of nitrogens with zero attached hydrogens (tertiary/aromatic N) is 1. The normalized spacial score (nSPS) is 17.3. The van der Waals surface area contributed by atoms with Crippen molar-refractivity contribution < 1.29 is 8.42 Å². The molecule has 5 heteroatoms. The van der Waals surface area contributed by atoms with Crippen molar-refractivity contribution in [3.8, 4) is 0 Å². The number of halogens is 1. The lowest BCUT2D eigenvalue weighted by Gasteiger charge is -2.33. The highest BCUT2D eigenvalue weighted by Gasteiger charge is 2.32. The Balaban J connectivity index is 2.39. The van der Waals surface area contributed by atoms with Crippen molar-refractivity contribution in [1.29, 1.82) is 0 Å². The highest BCUT2D eigenvalue weighted by atomic mass is 35.5. The lowest BCUT2D eigenvalue weighted by atomic mass is 9.95. The number of sulfonamides is 1. The van der Waals surface area contributed by atoms with E-state index in [1.165, 1.54) is 6.42 Å². The molecule has 0 amide bonds. The van der Waals surface area contributed by atoms with Crippen LogP contribution in [0.3, 0.4) is 0 Å². The fraction of sp³-hybridized carbons (Fsp3) is 0.625. The maximum absolute atomic E-state index is 13.0. The largest absolute Gasteiger partial charge is 0.243 e. The molecule has 1 saturated carbocycles. The average Bonchev–Trinajstić information content (AvgIpc) is 2.49. The first-order valence-corrected chi connectivity index (χ1v) is 9.66. The monoisotopic (exact) mass is 329 g/mol. The predicted octanol–water partition coefficient (Wildman–Crippen LogP) is 4.08. The Labute approximate surface area is 133 Å². The summed E-state index contributed by atoms with van der Waals surface area (Å²) >= 11 is 5.91. The van der Waals surface area contributed by atoms with Gasteiger partial charge in [-0.05, 0) is 37.0 Å². The summed E-state index contributed by atoms with van der Waals surface area (Å²) in [6.45, 7) is 4.30. The van der Waals surface area contributed by atoms with Crippen LogP contribution in [-0.4, -0.2) is 25.3 Å². The molecule has 2 rings (SSSR count). The molecule has 0 aromatic heterocycles. The third-order valence-electron chi connectivity index (χ3n) is 4.42. The predicted molar refractivity (Wildman–Crippen MR) is 87.2 cm³/mol. The minimum absolute atomic E-state index is 0.146. The quantitative estimate of drug-likeness (QED) is 0.763. The maximum atomic E-state index is 13.0. The van der Waals surface area contributed by atoms with Gasteiger partial charge < -0.3 is 0 Å². The molecule has 0 atom stereocenters. The van der Waals surface area contributed by atoms with Gasteiger partial charge in [0.2, 0.25) is 10.0 Å². The van der Waals surface area contributed by atoms with Crippen molar-refractivity contribution >= 4 is 21.6 Å². The number of hydrogen-bond acceptors (Lipinski definition) is 2. The van der Waals surface area contributed by atoms with Crippen LogP contribution in [0.15, 0.2) is 23.1 Å². The highest BCUT2D eigenvalue weighted by Crippen LogP contribution is 2.30. The van der Waals surface area contributed by atoms with Gasteiger partial charge in [-0.1, -0.05) is 38.3 Å². The molecule has 1 aliphatic rings. The first-order chi connectivity index (χ1) is 10.0. The Bertz CT molecular complexity index is 580. The van der Waals surface area contributed by atoms with Crippen molar-refractivity contribution in [3.05, 3.63) is 29.3 Å². The van der Waals surface area contributed by atoms with Gasteiger partial charge in [-0.2, -0.15) is 4.31 Å². The number of rotatable bonds is 5. The zero-order valence-electron chi connectivity index (χ0n) is 12.8. The number of benzene rings is 1. The standard InChI is InChI=1S/C16H24ClNO2S/c1-3-18(15-9-5-4-6-10-15)21(19,20)16-11-7-8-14(12-17)13(16)2/h7-8,11,15H,3-6,9-10,12H2,1-2H3. The van der Waals surface area contributed by atoms with E-state index in [2.05, 4.69) is 0 Å². The van der Waals surface area contributed by atoms with Crippen LogP contribution >= 0.6 is 11.6 Å². The number of alkyl halides is 1. The van der Waals surface area contributed by atoms with Crippen LogP contribution in [0.5, 0.6) is 0 Å². The Hall–Kier alpha value is -0.580. The Morgan fingerprint density at radius 1 is 1.24 bits per heavy atom. The van der Waals surface area contributed by atoms with Crippen LogP contribution < -0.4 is 0 Å². The molecule has 21 heavy (non-hydrogen) atoms. The molecule has 0 saturated heterocycles. The van der Waals surface area contributed by atoms with Gasteiger partial charge >= 0.3 is 0 Å². The van der Waals surface area contributed by atoms with Crippen molar-refractivity contribution in [2.45, 2.75) is 62.8 Å². The van der Waals surface area contributed by atoms with E-state index < -0.39 is 10.0 Å². The van der Waals surface area contributed by atoms with Crippen LogP contribution in [0.1, 0.15) is 50.2 Å². The summed E-state index contributed by atoms with van der Waals surface area (Å²) < 4.78 is 27.8. The van der Waals surface area contributed by atoms with E-state index in [1.807, 2.05) is 19.9 Å². The Morgan fingerprint density at radius 2 is 1.90 bits per heavy atom. The fourth-order valence-corrected chi connectivity index (χ4v) is 5.46. The van der Waals surface area contributed by atoms with E-state index >= 15 is 0 Å². The minimum atomic E-state index is -3.44. The SMILES string of the molecule is CCN(C1CCCCC1)S(=O)(=O)c1cccc(CCl)c1C. The smallest absolute Gasteiger partial charge is 0.207 e. The van der Waals surface area contributed by atoms with E-state index in [0.717, 1.165) is 36.8 Å². The summed E-state index contributed by atoms with van der Waals surface area (Å²) in [7, 11) is -3.44. The molecule has 1 aliphatic carbocycles. The van der Waals surface area contributed by atoms with Crippen molar-refractivity contribution in [2.24, 2.45) is 0 Å². The first kappa shape index (κ1) is 16.8. The fourth-order valence-electron chi connectivity index (χ4n) is 3.20. The highest BCUT2D eigenvalue weighted by molar-refractivity contribution is 7.89.